The molecule has 0 saturated heterocycles. The van der Waals surface area contributed by atoms with E-state index in [1.807, 2.05) is 13.8 Å². The molecule has 1 aromatic rings. The monoisotopic (exact) mass is 423 g/mol. The SMILES string of the molecule is CCCC(C)C(C(N)=O)N1C(=O)C(c2ccc(C(F)(F)F)cc2)=NC12CCCCC2. The molecule has 1 aliphatic carbocycles. The Morgan fingerprint density at radius 1 is 1.20 bits per heavy atom. The second-order valence-electron chi connectivity index (χ2n) is 8.37. The Hall–Kier alpha value is -2.38. The van der Waals surface area contributed by atoms with E-state index >= 15 is 0 Å². The summed E-state index contributed by atoms with van der Waals surface area (Å²) in [5.74, 6) is -1.14. The fraction of sp³-hybridized carbons (Fsp3) is 0.591. The third-order valence-corrected chi connectivity index (χ3v) is 6.18. The average molecular weight is 423 g/mol. The lowest BCUT2D eigenvalue weighted by molar-refractivity contribution is -0.143. The number of carbonyl (C=O) groups excluding carboxylic acids is 2. The van der Waals surface area contributed by atoms with E-state index in [1.165, 1.54) is 12.1 Å². The molecule has 1 spiro atoms. The van der Waals surface area contributed by atoms with Crippen molar-refractivity contribution in [1.82, 2.24) is 4.90 Å². The number of rotatable bonds is 6. The topological polar surface area (TPSA) is 75.8 Å². The maximum absolute atomic E-state index is 13.5. The summed E-state index contributed by atoms with van der Waals surface area (Å²) in [6.07, 6.45) is 1.08. The summed E-state index contributed by atoms with van der Waals surface area (Å²) in [5, 5.41) is 0. The van der Waals surface area contributed by atoms with Crippen molar-refractivity contribution in [3.63, 3.8) is 0 Å². The predicted octanol–water partition coefficient (Wildman–Crippen LogP) is 4.29. The van der Waals surface area contributed by atoms with Crippen LogP contribution in [0.25, 0.3) is 0 Å². The Labute approximate surface area is 174 Å². The van der Waals surface area contributed by atoms with Gasteiger partial charge in [0.05, 0.1) is 5.56 Å². The van der Waals surface area contributed by atoms with Gasteiger partial charge in [-0.25, -0.2) is 0 Å². The molecule has 164 valence electrons. The third kappa shape index (κ3) is 4.09. The van der Waals surface area contributed by atoms with E-state index in [-0.39, 0.29) is 11.6 Å². The Kier molecular flexibility index (Phi) is 6.24. The number of halogens is 3. The summed E-state index contributed by atoms with van der Waals surface area (Å²) in [6, 6.07) is 3.65. The fourth-order valence-corrected chi connectivity index (χ4v) is 4.75. The molecular weight excluding hydrogens is 395 g/mol. The molecule has 8 heteroatoms. The molecule has 2 N–H and O–H groups in total. The summed E-state index contributed by atoms with van der Waals surface area (Å²) >= 11 is 0. The van der Waals surface area contributed by atoms with Crippen LogP contribution in [0.15, 0.2) is 29.3 Å². The maximum atomic E-state index is 13.5. The van der Waals surface area contributed by atoms with Crippen molar-refractivity contribution in [3.8, 4) is 0 Å². The Morgan fingerprint density at radius 3 is 2.30 bits per heavy atom. The van der Waals surface area contributed by atoms with Crippen LogP contribution in [0.5, 0.6) is 0 Å². The summed E-state index contributed by atoms with van der Waals surface area (Å²) in [5.41, 5.74) is 4.54. The standard InChI is InChI=1S/C22H28F3N3O2/c1-3-7-14(2)18(19(26)29)28-20(30)17(27-21(28)12-5-4-6-13-21)15-8-10-16(11-9-15)22(23,24)25/h8-11,14,18H,3-7,12-13H2,1-2H3,(H2,26,29). The lowest BCUT2D eigenvalue weighted by Crippen LogP contribution is -2.59. The zero-order valence-electron chi connectivity index (χ0n) is 17.3. The molecule has 1 heterocycles. The number of carbonyl (C=O) groups is 2. The van der Waals surface area contributed by atoms with E-state index in [0.29, 0.717) is 18.4 Å². The molecule has 1 aromatic carbocycles. The van der Waals surface area contributed by atoms with E-state index in [2.05, 4.69) is 0 Å². The van der Waals surface area contributed by atoms with Gasteiger partial charge in [-0.1, -0.05) is 38.8 Å². The van der Waals surface area contributed by atoms with E-state index in [4.69, 9.17) is 10.7 Å². The van der Waals surface area contributed by atoms with E-state index < -0.39 is 35.3 Å². The molecule has 0 radical (unpaired) electrons. The minimum atomic E-state index is -4.46. The smallest absolute Gasteiger partial charge is 0.368 e. The molecule has 2 amide bonds. The molecule has 1 aliphatic heterocycles. The first-order valence-corrected chi connectivity index (χ1v) is 10.5. The van der Waals surface area contributed by atoms with Crippen LogP contribution >= 0.6 is 0 Å². The van der Waals surface area contributed by atoms with Crippen LogP contribution < -0.4 is 5.73 Å². The van der Waals surface area contributed by atoms with Gasteiger partial charge in [-0.05, 0) is 50.2 Å². The summed E-state index contributed by atoms with van der Waals surface area (Å²) in [6.45, 7) is 3.90. The fourth-order valence-electron chi connectivity index (χ4n) is 4.75. The largest absolute Gasteiger partial charge is 0.416 e. The number of alkyl halides is 3. The Bertz CT molecular complexity index is 827. The van der Waals surface area contributed by atoms with Crippen molar-refractivity contribution in [3.05, 3.63) is 35.4 Å². The minimum absolute atomic E-state index is 0.112. The molecule has 0 aromatic heterocycles. The summed E-state index contributed by atoms with van der Waals surface area (Å²) < 4.78 is 38.8. The lowest BCUT2D eigenvalue weighted by Gasteiger charge is -2.44. The van der Waals surface area contributed by atoms with Gasteiger partial charge in [-0.15, -0.1) is 0 Å². The maximum Gasteiger partial charge on any atom is 0.416 e. The van der Waals surface area contributed by atoms with Gasteiger partial charge < -0.3 is 10.6 Å². The van der Waals surface area contributed by atoms with Crippen LogP contribution in [0, 0.1) is 5.92 Å². The molecule has 2 aliphatic rings. The highest BCUT2D eigenvalue weighted by Crippen LogP contribution is 2.42. The molecule has 30 heavy (non-hydrogen) atoms. The Morgan fingerprint density at radius 2 is 1.80 bits per heavy atom. The first kappa shape index (κ1) is 22.3. The van der Waals surface area contributed by atoms with Gasteiger partial charge in [-0.3, -0.25) is 14.6 Å². The van der Waals surface area contributed by atoms with Gasteiger partial charge in [0.1, 0.15) is 17.4 Å². The summed E-state index contributed by atoms with van der Waals surface area (Å²) in [7, 11) is 0. The number of nitrogens with zero attached hydrogens (tertiary/aromatic N) is 2. The molecule has 2 unspecified atom stereocenters. The van der Waals surface area contributed by atoms with Crippen LogP contribution in [0.1, 0.15) is 69.9 Å². The number of hydrogen-bond donors (Lipinski definition) is 1. The number of benzene rings is 1. The normalized spacial score (nSPS) is 20.9. The zero-order valence-corrected chi connectivity index (χ0v) is 17.3. The molecule has 3 rings (SSSR count). The molecular formula is C22H28F3N3O2. The van der Waals surface area contributed by atoms with Gasteiger partial charge in [0, 0.05) is 5.56 Å². The molecule has 5 nitrogen and oxygen atoms in total. The van der Waals surface area contributed by atoms with Gasteiger partial charge in [-0.2, -0.15) is 13.2 Å². The van der Waals surface area contributed by atoms with Crippen LogP contribution in [0.4, 0.5) is 13.2 Å². The number of primary amides is 1. The number of nitrogens with two attached hydrogens (primary N) is 1. The van der Waals surface area contributed by atoms with E-state index in [9.17, 15) is 22.8 Å². The van der Waals surface area contributed by atoms with Crippen molar-refractivity contribution >= 4 is 17.5 Å². The van der Waals surface area contributed by atoms with Crippen molar-refractivity contribution in [2.24, 2.45) is 16.6 Å². The van der Waals surface area contributed by atoms with Crippen molar-refractivity contribution in [1.29, 1.82) is 0 Å². The third-order valence-electron chi connectivity index (χ3n) is 6.18. The van der Waals surface area contributed by atoms with Gasteiger partial charge in [0.15, 0.2) is 0 Å². The second kappa shape index (κ2) is 8.40. The van der Waals surface area contributed by atoms with Crippen LogP contribution in [-0.4, -0.2) is 34.1 Å². The van der Waals surface area contributed by atoms with Crippen molar-refractivity contribution in [2.75, 3.05) is 0 Å². The second-order valence-corrected chi connectivity index (χ2v) is 8.37. The number of hydrogen-bond acceptors (Lipinski definition) is 3. The highest BCUT2D eigenvalue weighted by atomic mass is 19.4. The van der Waals surface area contributed by atoms with E-state index in [1.54, 1.807) is 4.90 Å². The van der Waals surface area contributed by atoms with Gasteiger partial charge in [0.2, 0.25) is 5.91 Å². The predicted molar refractivity (Wildman–Crippen MR) is 108 cm³/mol. The minimum Gasteiger partial charge on any atom is -0.368 e. The first-order chi connectivity index (χ1) is 14.1. The molecule has 0 bridgehead atoms. The summed E-state index contributed by atoms with van der Waals surface area (Å²) in [4.78, 5) is 32.2. The van der Waals surface area contributed by atoms with Crippen molar-refractivity contribution < 1.29 is 22.8 Å². The highest BCUT2D eigenvalue weighted by Gasteiger charge is 2.52. The number of amides is 2. The van der Waals surface area contributed by atoms with E-state index in [0.717, 1.165) is 44.2 Å². The Balaban J connectivity index is 2.03. The van der Waals surface area contributed by atoms with Crippen LogP contribution in [0.3, 0.4) is 0 Å². The molecule has 1 saturated carbocycles. The number of aliphatic imine (C=N–C) groups is 1. The van der Waals surface area contributed by atoms with Crippen molar-refractivity contribution in [2.45, 2.75) is 76.7 Å². The highest BCUT2D eigenvalue weighted by molar-refractivity contribution is 6.47. The van der Waals surface area contributed by atoms with Gasteiger partial charge in [0.25, 0.3) is 5.91 Å². The average Bonchev–Trinajstić information content (AvgIpc) is 2.94. The van der Waals surface area contributed by atoms with Crippen LogP contribution in [0.2, 0.25) is 0 Å². The molecule has 2 atom stereocenters. The van der Waals surface area contributed by atoms with Gasteiger partial charge >= 0.3 is 6.18 Å². The molecule has 1 fully saturated rings. The zero-order chi connectivity index (χ0) is 22.1. The quantitative estimate of drug-likeness (QED) is 0.741. The van der Waals surface area contributed by atoms with Crippen LogP contribution in [-0.2, 0) is 15.8 Å². The first-order valence-electron chi connectivity index (χ1n) is 10.5. The lowest BCUT2D eigenvalue weighted by atomic mass is 9.85.